The molecule has 1 N–H and O–H groups in total. The molecule has 0 saturated heterocycles. The first-order valence-electron chi connectivity index (χ1n) is 8.49. The number of aromatic nitrogens is 4. The Balaban J connectivity index is 1.37. The van der Waals surface area contributed by atoms with Crippen LogP contribution in [0.4, 0.5) is 0 Å². The molecule has 3 heterocycles. The highest BCUT2D eigenvalue weighted by Crippen LogP contribution is 2.19. The van der Waals surface area contributed by atoms with Gasteiger partial charge in [-0.05, 0) is 6.42 Å². The van der Waals surface area contributed by atoms with Gasteiger partial charge in [0.15, 0.2) is 11.6 Å². The molecular formula is C18H21N5O. The Kier molecular flexibility index (Phi) is 4.13. The van der Waals surface area contributed by atoms with E-state index in [2.05, 4.69) is 27.5 Å². The molecule has 1 aromatic carbocycles. The number of hydrogen-bond donors (Lipinski definition) is 1. The standard InChI is InChI=1S/C18H21N5O/c1-2-17-20-18-9-8-14(12-23(18)21-17)19-11-15-10-16(22-24-15)13-6-4-3-5-7-13/h3-7,10,14,19H,2,8-9,11-12H2,1H3. The van der Waals surface area contributed by atoms with E-state index in [1.54, 1.807) is 0 Å². The fourth-order valence-electron chi connectivity index (χ4n) is 3.06. The van der Waals surface area contributed by atoms with Gasteiger partial charge in [-0.1, -0.05) is 42.4 Å². The van der Waals surface area contributed by atoms with Gasteiger partial charge < -0.3 is 9.84 Å². The minimum atomic E-state index is 0.384. The zero-order valence-electron chi connectivity index (χ0n) is 13.8. The first-order chi connectivity index (χ1) is 11.8. The quantitative estimate of drug-likeness (QED) is 0.781. The maximum atomic E-state index is 5.45. The lowest BCUT2D eigenvalue weighted by Gasteiger charge is -2.23. The van der Waals surface area contributed by atoms with E-state index >= 15 is 0 Å². The first-order valence-corrected chi connectivity index (χ1v) is 8.49. The minimum Gasteiger partial charge on any atom is -0.359 e. The molecule has 4 rings (SSSR count). The van der Waals surface area contributed by atoms with Gasteiger partial charge in [0.1, 0.15) is 11.5 Å². The smallest absolute Gasteiger partial charge is 0.151 e. The summed E-state index contributed by atoms with van der Waals surface area (Å²) in [7, 11) is 0. The Bertz CT molecular complexity index is 808. The molecule has 124 valence electrons. The van der Waals surface area contributed by atoms with E-state index in [0.29, 0.717) is 12.6 Å². The summed E-state index contributed by atoms with van der Waals surface area (Å²) in [5.41, 5.74) is 1.95. The third-order valence-electron chi connectivity index (χ3n) is 4.41. The second-order valence-electron chi connectivity index (χ2n) is 6.14. The molecule has 24 heavy (non-hydrogen) atoms. The van der Waals surface area contributed by atoms with Gasteiger partial charge in [0, 0.05) is 30.5 Å². The van der Waals surface area contributed by atoms with Crippen molar-refractivity contribution in [3.8, 4) is 11.3 Å². The van der Waals surface area contributed by atoms with Crippen LogP contribution in [0.3, 0.4) is 0 Å². The fourth-order valence-corrected chi connectivity index (χ4v) is 3.06. The van der Waals surface area contributed by atoms with Crippen LogP contribution in [-0.4, -0.2) is 26.0 Å². The van der Waals surface area contributed by atoms with E-state index in [9.17, 15) is 0 Å². The monoisotopic (exact) mass is 323 g/mol. The maximum absolute atomic E-state index is 5.45. The van der Waals surface area contributed by atoms with Crippen molar-refractivity contribution in [3.63, 3.8) is 0 Å². The number of aryl methyl sites for hydroxylation is 2. The zero-order valence-corrected chi connectivity index (χ0v) is 13.8. The molecule has 3 aromatic rings. The van der Waals surface area contributed by atoms with Crippen molar-refractivity contribution in [2.75, 3.05) is 0 Å². The van der Waals surface area contributed by atoms with Crippen molar-refractivity contribution < 1.29 is 4.52 Å². The number of benzene rings is 1. The average Bonchev–Trinajstić information content (AvgIpc) is 3.27. The third kappa shape index (κ3) is 3.10. The van der Waals surface area contributed by atoms with E-state index in [0.717, 1.165) is 54.5 Å². The van der Waals surface area contributed by atoms with E-state index in [1.165, 1.54) is 0 Å². The van der Waals surface area contributed by atoms with Gasteiger partial charge in [-0.15, -0.1) is 0 Å². The van der Waals surface area contributed by atoms with Crippen molar-refractivity contribution in [2.24, 2.45) is 0 Å². The zero-order chi connectivity index (χ0) is 16.4. The molecule has 0 radical (unpaired) electrons. The van der Waals surface area contributed by atoms with E-state index < -0.39 is 0 Å². The third-order valence-corrected chi connectivity index (χ3v) is 4.41. The minimum absolute atomic E-state index is 0.384. The van der Waals surface area contributed by atoms with Crippen molar-refractivity contribution >= 4 is 0 Å². The summed E-state index contributed by atoms with van der Waals surface area (Å²) < 4.78 is 7.49. The molecule has 0 saturated carbocycles. The lowest BCUT2D eigenvalue weighted by Crippen LogP contribution is -2.37. The molecule has 1 atom stereocenters. The SMILES string of the molecule is CCc1nc2n(n1)CC(NCc1cc(-c3ccccc3)no1)CC2. The molecule has 1 unspecified atom stereocenters. The molecule has 2 aromatic heterocycles. The Morgan fingerprint density at radius 2 is 2.17 bits per heavy atom. The molecule has 0 fully saturated rings. The highest BCUT2D eigenvalue weighted by atomic mass is 16.5. The topological polar surface area (TPSA) is 68.8 Å². The van der Waals surface area contributed by atoms with Crippen LogP contribution in [0.5, 0.6) is 0 Å². The predicted molar refractivity (Wildman–Crippen MR) is 90.3 cm³/mol. The van der Waals surface area contributed by atoms with Crippen LogP contribution in [0.2, 0.25) is 0 Å². The largest absolute Gasteiger partial charge is 0.359 e. The summed E-state index contributed by atoms with van der Waals surface area (Å²) in [6.45, 7) is 3.63. The first kappa shape index (κ1) is 15.1. The Morgan fingerprint density at radius 3 is 3.00 bits per heavy atom. The average molecular weight is 323 g/mol. The summed E-state index contributed by atoms with van der Waals surface area (Å²) in [4.78, 5) is 4.55. The van der Waals surface area contributed by atoms with Crippen molar-refractivity contribution in [1.29, 1.82) is 0 Å². The molecule has 0 aliphatic carbocycles. The van der Waals surface area contributed by atoms with Crippen LogP contribution in [0, 0.1) is 0 Å². The van der Waals surface area contributed by atoms with Crippen LogP contribution in [0.1, 0.15) is 30.8 Å². The Hall–Kier alpha value is -2.47. The van der Waals surface area contributed by atoms with Crippen LogP contribution >= 0.6 is 0 Å². The summed E-state index contributed by atoms with van der Waals surface area (Å²) >= 11 is 0. The van der Waals surface area contributed by atoms with Crippen molar-refractivity contribution in [3.05, 3.63) is 53.8 Å². The molecular weight excluding hydrogens is 302 g/mol. The number of nitrogens with one attached hydrogen (secondary N) is 1. The lowest BCUT2D eigenvalue weighted by atomic mass is 10.1. The van der Waals surface area contributed by atoms with Crippen LogP contribution in [0.25, 0.3) is 11.3 Å². The number of hydrogen-bond acceptors (Lipinski definition) is 5. The van der Waals surface area contributed by atoms with Crippen LogP contribution < -0.4 is 5.32 Å². The van der Waals surface area contributed by atoms with Crippen molar-refractivity contribution in [2.45, 2.75) is 45.3 Å². The van der Waals surface area contributed by atoms with Gasteiger partial charge in [-0.2, -0.15) is 5.10 Å². The summed E-state index contributed by atoms with van der Waals surface area (Å²) in [5, 5.41) is 12.3. The molecule has 6 heteroatoms. The number of rotatable bonds is 5. The molecule has 0 bridgehead atoms. The lowest BCUT2D eigenvalue weighted by molar-refractivity contribution is 0.325. The fraction of sp³-hybridized carbons (Fsp3) is 0.389. The van der Waals surface area contributed by atoms with Crippen LogP contribution in [0.15, 0.2) is 40.9 Å². The van der Waals surface area contributed by atoms with Gasteiger partial charge in [0.25, 0.3) is 0 Å². The molecule has 6 nitrogen and oxygen atoms in total. The van der Waals surface area contributed by atoms with E-state index in [1.807, 2.05) is 41.1 Å². The van der Waals surface area contributed by atoms with Crippen molar-refractivity contribution in [1.82, 2.24) is 25.2 Å². The van der Waals surface area contributed by atoms with Gasteiger partial charge in [-0.3, -0.25) is 0 Å². The highest BCUT2D eigenvalue weighted by Gasteiger charge is 2.21. The molecule has 1 aliphatic heterocycles. The predicted octanol–water partition coefficient (Wildman–Crippen LogP) is 2.60. The molecule has 0 spiro atoms. The second-order valence-corrected chi connectivity index (χ2v) is 6.14. The second kappa shape index (κ2) is 6.57. The highest BCUT2D eigenvalue weighted by molar-refractivity contribution is 5.58. The van der Waals surface area contributed by atoms with Crippen LogP contribution in [-0.2, 0) is 25.9 Å². The molecule has 1 aliphatic rings. The van der Waals surface area contributed by atoms with Gasteiger partial charge in [0.05, 0.1) is 13.1 Å². The van der Waals surface area contributed by atoms with Gasteiger partial charge in [0.2, 0.25) is 0 Å². The normalized spacial score (nSPS) is 17.0. The summed E-state index contributed by atoms with van der Waals surface area (Å²) in [5.74, 6) is 2.90. The summed E-state index contributed by atoms with van der Waals surface area (Å²) in [6.07, 6.45) is 2.93. The van der Waals surface area contributed by atoms with Gasteiger partial charge in [-0.25, -0.2) is 9.67 Å². The molecule has 0 amide bonds. The number of nitrogens with zero attached hydrogens (tertiary/aromatic N) is 4. The Morgan fingerprint density at radius 1 is 1.29 bits per heavy atom. The summed E-state index contributed by atoms with van der Waals surface area (Å²) in [6, 6.07) is 12.5. The number of fused-ring (bicyclic) bond motifs is 1. The maximum Gasteiger partial charge on any atom is 0.151 e. The van der Waals surface area contributed by atoms with Gasteiger partial charge >= 0.3 is 0 Å². The Labute approximate surface area is 140 Å². The van der Waals surface area contributed by atoms with E-state index in [4.69, 9.17) is 4.52 Å². The van der Waals surface area contributed by atoms with E-state index in [-0.39, 0.29) is 0 Å².